The minimum absolute atomic E-state index is 0.0297. The molecule has 0 aromatic heterocycles. The van der Waals surface area contributed by atoms with Crippen LogP contribution in [0.15, 0.2) is 30.3 Å². The Hall–Kier alpha value is -2.62. The van der Waals surface area contributed by atoms with E-state index in [9.17, 15) is 22.8 Å². The minimum atomic E-state index is -3.13. The van der Waals surface area contributed by atoms with Gasteiger partial charge in [0, 0.05) is 11.7 Å². The fourth-order valence-electron chi connectivity index (χ4n) is 2.86. The van der Waals surface area contributed by atoms with Gasteiger partial charge in [0.1, 0.15) is 6.04 Å². The van der Waals surface area contributed by atoms with Gasteiger partial charge >= 0.3 is 12.0 Å². The second-order valence-electron chi connectivity index (χ2n) is 7.37. The van der Waals surface area contributed by atoms with Crippen LogP contribution in [0, 0.1) is 5.92 Å². The molecule has 3 atom stereocenters. The standard InChI is InChI=1S/C19H27N3O6S/c1-12(2)16(22-19(25)21-14-7-5-4-6-8-14)18(24)28-13(3)17(23)20-15-9-10-29(26,27)11-15/h4-8,12-13,15-16H,9-11H2,1-3H3,(H,20,23)(H2,21,22,25)/t13-,15-,16+/m1/s1. The van der Waals surface area contributed by atoms with Crippen molar-refractivity contribution in [3.8, 4) is 0 Å². The first kappa shape index (κ1) is 22.7. The van der Waals surface area contributed by atoms with Crippen molar-refractivity contribution in [2.24, 2.45) is 5.92 Å². The molecule has 1 saturated heterocycles. The third kappa shape index (κ3) is 7.04. The van der Waals surface area contributed by atoms with E-state index in [1.54, 1.807) is 38.1 Å². The average Bonchev–Trinajstić information content (AvgIpc) is 2.98. The average molecular weight is 426 g/mol. The molecule has 0 bridgehead atoms. The molecule has 0 aliphatic carbocycles. The molecule has 1 fully saturated rings. The van der Waals surface area contributed by atoms with E-state index in [2.05, 4.69) is 16.0 Å². The van der Waals surface area contributed by atoms with Gasteiger partial charge < -0.3 is 20.7 Å². The van der Waals surface area contributed by atoms with Crippen molar-refractivity contribution in [2.75, 3.05) is 16.8 Å². The first-order valence-electron chi connectivity index (χ1n) is 9.41. The second kappa shape index (κ2) is 9.73. The van der Waals surface area contributed by atoms with Crippen LogP contribution in [0.1, 0.15) is 27.2 Å². The molecular weight excluding hydrogens is 398 g/mol. The highest BCUT2D eigenvalue weighted by molar-refractivity contribution is 7.91. The largest absolute Gasteiger partial charge is 0.451 e. The fourth-order valence-corrected chi connectivity index (χ4v) is 4.53. The van der Waals surface area contributed by atoms with Crippen LogP contribution < -0.4 is 16.0 Å². The van der Waals surface area contributed by atoms with Gasteiger partial charge in [-0.2, -0.15) is 0 Å². The van der Waals surface area contributed by atoms with E-state index in [1.807, 2.05) is 6.07 Å². The smallest absolute Gasteiger partial charge is 0.329 e. The van der Waals surface area contributed by atoms with E-state index in [0.29, 0.717) is 12.1 Å². The topological polar surface area (TPSA) is 131 Å². The molecule has 3 amide bonds. The van der Waals surface area contributed by atoms with Gasteiger partial charge in [-0.05, 0) is 31.4 Å². The molecule has 0 radical (unpaired) electrons. The van der Waals surface area contributed by atoms with Gasteiger partial charge in [-0.15, -0.1) is 0 Å². The number of carbonyl (C=O) groups excluding carboxylic acids is 3. The maximum atomic E-state index is 12.5. The Kier molecular flexibility index (Phi) is 7.60. The van der Waals surface area contributed by atoms with Crippen molar-refractivity contribution >= 4 is 33.4 Å². The molecule has 0 spiro atoms. The summed E-state index contributed by atoms with van der Waals surface area (Å²) < 4.78 is 28.2. The lowest BCUT2D eigenvalue weighted by atomic mass is 10.0. The molecule has 1 aliphatic heterocycles. The Morgan fingerprint density at radius 2 is 1.76 bits per heavy atom. The molecule has 1 aromatic carbocycles. The zero-order chi connectivity index (χ0) is 21.6. The summed E-state index contributed by atoms with van der Waals surface area (Å²) in [5, 5.41) is 7.76. The highest BCUT2D eigenvalue weighted by Gasteiger charge is 2.32. The Morgan fingerprint density at radius 1 is 1.10 bits per heavy atom. The Morgan fingerprint density at radius 3 is 2.31 bits per heavy atom. The highest BCUT2D eigenvalue weighted by atomic mass is 32.2. The summed E-state index contributed by atoms with van der Waals surface area (Å²) in [5.74, 6) is -1.68. The van der Waals surface area contributed by atoms with E-state index in [4.69, 9.17) is 4.74 Å². The first-order chi connectivity index (χ1) is 13.6. The summed E-state index contributed by atoms with van der Waals surface area (Å²) in [5.41, 5.74) is 0.570. The predicted octanol–water partition coefficient (Wildman–Crippen LogP) is 1.07. The van der Waals surface area contributed by atoms with E-state index < -0.39 is 45.9 Å². The summed E-state index contributed by atoms with van der Waals surface area (Å²) in [6.07, 6.45) is -0.782. The molecule has 1 aliphatic rings. The van der Waals surface area contributed by atoms with Crippen LogP contribution in [0.2, 0.25) is 0 Å². The Bertz CT molecular complexity index is 841. The quantitative estimate of drug-likeness (QED) is 0.560. The number of anilines is 1. The molecular formula is C19H27N3O6S. The van der Waals surface area contributed by atoms with Crippen molar-refractivity contribution in [1.82, 2.24) is 10.6 Å². The lowest BCUT2D eigenvalue weighted by Gasteiger charge is -2.23. The summed E-state index contributed by atoms with van der Waals surface area (Å²) >= 11 is 0. The summed E-state index contributed by atoms with van der Waals surface area (Å²) in [6.45, 7) is 4.88. The Labute approximate surface area is 170 Å². The third-order valence-electron chi connectivity index (χ3n) is 4.48. The molecule has 9 nitrogen and oxygen atoms in total. The third-order valence-corrected chi connectivity index (χ3v) is 6.25. The number of rotatable bonds is 7. The number of para-hydroxylation sites is 1. The number of hydrogen-bond donors (Lipinski definition) is 3. The van der Waals surface area contributed by atoms with E-state index >= 15 is 0 Å². The fraction of sp³-hybridized carbons (Fsp3) is 0.526. The van der Waals surface area contributed by atoms with Crippen molar-refractivity contribution in [2.45, 2.75) is 45.4 Å². The number of sulfone groups is 1. The maximum absolute atomic E-state index is 12.5. The predicted molar refractivity (Wildman–Crippen MR) is 108 cm³/mol. The monoisotopic (exact) mass is 425 g/mol. The molecule has 2 rings (SSSR count). The number of nitrogens with one attached hydrogen (secondary N) is 3. The van der Waals surface area contributed by atoms with Gasteiger partial charge in [-0.25, -0.2) is 18.0 Å². The Balaban J connectivity index is 1.89. The van der Waals surface area contributed by atoms with Gasteiger partial charge in [-0.3, -0.25) is 4.79 Å². The van der Waals surface area contributed by atoms with Crippen LogP contribution in [0.3, 0.4) is 0 Å². The summed E-state index contributed by atoms with van der Waals surface area (Å²) in [4.78, 5) is 36.9. The van der Waals surface area contributed by atoms with Crippen LogP contribution in [-0.2, 0) is 24.2 Å². The van der Waals surface area contributed by atoms with Gasteiger partial charge in [0.15, 0.2) is 15.9 Å². The number of ether oxygens (including phenoxy) is 1. The van der Waals surface area contributed by atoms with Crippen LogP contribution in [0.4, 0.5) is 10.5 Å². The zero-order valence-corrected chi connectivity index (χ0v) is 17.5. The zero-order valence-electron chi connectivity index (χ0n) is 16.7. The molecule has 0 unspecified atom stereocenters. The number of benzene rings is 1. The van der Waals surface area contributed by atoms with E-state index in [-0.39, 0.29) is 17.4 Å². The SMILES string of the molecule is CC(C)[C@H](NC(=O)Nc1ccccc1)C(=O)O[C@H](C)C(=O)N[C@@H]1CCS(=O)(=O)C1. The minimum Gasteiger partial charge on any atom is -0.451 e. The van der Waals surface area contributed by atoms with E-state index in [1.165, 1.54) is 6.92 Å². The van der Waals surface area contributed by atoms with Crippen LogP contribution in [0.25, 0.3) is 0 Å². The van der Waals surface area contributed by atoms with Crippen LogP contribution >= 0.6 is 0 Å². The van der Waals surface area contributed by atoms with Crippen molar-refractivity contribution in [3.05, 3.63) is 30.3 Å². The van der Waals surface area contributed by atoms with Gasteiger partial charge in [-0.1, -0.05) is 32.0 Å². The maximum Gasteiger partial charge on any atom is 0.329 e. The lowest BCUT2D eigenvalue weighted by Crippen LogP contribution is -2.49. The number of urea groups is 1. The molecule has 1 heterocycles. The lowest BCUT2D eigenvalue weighted by molar-refractivity contribution is -0.157. The van der Waals surface area contributed by atoms with Crippen molar-refractivity contribution < 1.29 is 27.5 Å². The number of carbonyl (C=O) groups is 3. The first-order valence-corrected chi connectivity index (χ1v) is 11.2. The van der Waals surface area contributed by atoms with Gasteiger partial charge in [0.2, 0.25) is 0 Å². The second-order valence-corrected chi connectivity index (χ2v) is 9.60. The molecule has 10 heteroatoms. The normalized spacial score (nSPS) is 19.8. The molecule has 29 heavy (non-hydrogen) atoms. The van der Waals surface area contributed by atoms with Crippen molar-refractivity contribution in [1.29, 1.82) is 0 Å². The molecule has 0 saturated carbocycles. The molecule has 1 aromatic rings. The van der Waals surface area contributed by atoms with Gasteiger partial charge in [0.05, 0.1) is 11.5 Å². The number of hydrogen-bond acceptors (Lipinski definition) is 6. The summed E-state index contributed by atoms with van der Waals surface area (Å²) in [6, 6.07) is 6.74. The highest BCUT2D eigenvalue weighted by Crippen LogP contribution is 2.12. The van der Waals surface area contributed by atoms with Gasteiger partial charge in [0.25, 0.3) is 5.91 Å². The molecule has 160 valence electrons. The summed E-state index contributed by atoms with van der Waals surface area (Å²) in [7, 11) is -3.13. The van der Waals surface area contributed by atoms with Crippen LogP contribution in [-0.4, -0.2) is 56.0 Å². The molecule has 3 N–H and O–H groups in total. The van der Waals surface area contributed by atoms with E-state index in [0.717, 1.165) is 0 Å². The van der Waals surface area contributed by atoms with Crippen molar-refractivity contribution in [3.63, 3.8) is 0 Å². The number of esters is 1. The van der Waals surface area contributed by atoms with Crippen LogP contribution in [0.5, 0.6) is 0 Å². The number of amides is 3.